The Kier molecular flexibility index (Phi) is 4.91. The standard InChI is InChI=1S/C10H24N4O2S/c1-9(2)13(4)17(15,16)14-6-5-12(3)8-10(14)7-11/h9-10H,5-8,11H2,1-4H3. The van der Waals surface area contributed by atoms with E-state index in [1.807, 2.05) is 20.9 Å². The minimum atomic E-state index is -3.39. The first-order valence-corrected chi connectivity index (χ1v) is 7.33. The normalized spacial score (nSPS) is 24.8. The Hall–Kier alpha value is -0.210. The van der Waals surface area contributed by atoms with Crippen LogP contribution in [0.15, 0.2) is 0 Å². The van der Waals surface area contributed by atoms with Crippen LogP contribution in [-0.2, 0) is 10.2 Å². The summed E-state index contributed by atoms with van der Waals surface area (Å²) in [5.74, 6) is 0. The van der Waals surface area contributed by atoms with Crippen molar-refractivity contribution in [2.75, 3.05) is 40.3 Å². The van der Waals surface area contributed by atoms with Crippen molar-refractivity contribution in [3.8, 4) is 0 Å². The first-order valence-electron chi connectivity index (χ1n) is 5.94. The van der Waals surface area contributed by atoms with Gasteiger partial charge in [0, 0.05) is 39.3 Å². The number of rotatable bonds is 4. The van der Waals surface area contributed by atoms with Crippen molar-refractivity contribution in [1.82, 2.24) is 13.5 Å². The van der Waals surface area contributed by atoms with E-state index in [-0.39, 0.29) is 12.1 Å². The molecule has 17 heavy (non-hydrogen) atoms. The zero-order valence-corrected chi connectivity index (χ0v) is 11.9. The molecule has 1 aliphatic rings. The van der Waals surface area contributed by atoms with Crippen molar-refractivity contribution < 1.29 is 8.42 Å². The average Bonchev–Trinajstić information content (AvgIpc) is 2.27. The highest BCUT2D eigenvalue weighted by Crippen LogP contribution is 2.17. The highest BCUT2D eigenvalue weighted by molar-refractivity contribution is 7.86. The highest BCUT2D eigenvalue weighted by Gasteiger charge is 2.36. The van der Waals surface area contributed by atoms with Crippen molar-refractivity contribution in [2.45, 2.75) is 25.9 Å². The van der Waals surface area contributed by atoms with E-state index >= 15 is 0 Å². The Morgan fingerprint density at radius 1 is 1.41 bits per heavy atom. The van der Waals surface area contributed by atoms with E-state index in [0.717, 1.165) is 6.54 Å². The fraction of sp³-hybridized carbons (Fsp3) is 1.00. The predicted molar refractivity (Wildman–Crippen MR) is 68.9 cm³/mol. The molecule has 7 heteroatoms. The van der Waals surface area contributed by atoms with Gasteiger partial charge in [-0.2, -0.15) is 17.0 Å². The molecule has 0 aromatic rings. The van der Waals surface area contributed by atoms with Crippen molar-refractivity contribution in [3.63, 3.8) is 0 Å². The molecule has 1 aliphatic heterocycles. The fourth-order valence-electron chi connectivity index (χ4n) is 1.92. The van der Waals surface area contributed by atoms with Gasteiger partial charge in [-0.1, -0.05) is 0 Å². The van der Waals surface area contributed by atoms with E-state index in [4.69, 9.17) is 5.73 Å². The molecule has 0 aliphatic carbocycles. The van der Waals surface area contributed by atoms with Gasteiger partial charge in [-0.3, -0.25) is 0 Å². The van der Waals surface area contributed by atoms with Crippen molar-refractivity contribution in [1.29, 1.82) is 0 Å². The van der Waals surface area contributed by atoms with Crippen LogP contribution in [0.4, 0.5) is 0 Å². The maximum Gasteiger partial charge on any atom is 0.282 e. The summed E-state index contributed by atoms with van der Waals surface area (Å²) in [6.45, 7) is 6.05. The summed E-state index contributed by atoms with van der Waals surface area (Å²) in [5.41, 5.74) is 5.68. The number of nitrogens with two attached hydrogens (primary N) is 1. The van der Waals surface area contributed by atoms with Crippen LogP contribution in [0.1, 0.15) is 13.8 Å². The molecule has 0 radical (unpaired) electrons. The molecular formula is C10H24N4O2S. The molecule has 0 saturated carbocycles. The average molecular weight is 264 g/mol. The molecule has 1 unspecified atom stereocenters. The number of nitrogens with zero attached hydrogens (tertiary/aromatic N) is 3. The molecule has 1 saturated heterocycles. The second-order valence-electron chi connectivity index (χ2n) is 4.88. The van der Waals surface area contributed by atoms with Crippen molar-refractivity contribution in [2.24, 2.45) is 5.73 Å². The summed E-state index contributed by atoms with van der Waals surface area (Å²) >= 11 is 0. The lowest BCUT2D eigenvalue weighted by Crippen LogP contribution is -2.59. The molecule has 102 valence electrons. The summed E-state index contributed by atoms with van der Waals surface area (Å²) in [4.78, 5) is 2.11. The topological polar surface area (TPSA) is 69.9 Å². The molecule has 6 nitrogen and oxygen atoms in total. The molecule has 0 aromatic carbocycles. The zero-order chi connectivity index (χ0) is 13.2. The van der Waals surface area contributed by atoms with E-state index in [1.54, 1.807) is 7.05 Å². The van der Waals surface area contributed by atoms with Crippen LogP contribution in [0, 0.1) is 0 Å². The van der Waals surface area contributed by atoms with Crippen molar-refractivity contribution in [3.05, 3.63) is 0 Å². The lowest BCUT2D eigenvalue weighted by Gasteiger charge is -2.40. The third-order valence-corrected chi connectivity index (χ3v) is 5.51. The lowest BCUT2D eigenvalue weighted by molar-refractivity contribution is 0.155. The fourth-order valence-corrected chi connectivity index (χ4v) is 3.63. The Morgan fingerprint density at radius 2 is 2.00 bits per heavy atom. The third-order valence-electron chi connectivity index (χ3n) is 3.29. The summed E-state index contributed by atoms with van der Waals surface area (Å²) < 4.78 is 27.7. The van der Waals surface area contributed by atoms with Gasteiger partial charge in [0.05, 0.1) is 6.04 Å². The number of piperazine rings is 1. The van der Waals surface area contributed by atoms with Crippen LogP contribution in [-0.4, -0.2) is 74.3 Å². The molecule has 2 N–H and O–H groups in total. The maximum absolute atomic E-state index is 12.4. The predicted octanol–water partition coefficient (Wildman–Crippen LogP) is -0.854. The Balaban J connectivity index is 2.90. The first-order chi connectivity index (χ1) is 7.80. The van der Waals surface area contributed by atoms with Crippen LogP contribution in [0.25, 0.3) is 0 Å². The summed E-state index contributed by atoms with van der Waals surface area (Å²) in [6.07, 6.45) is 0. The van der Waals surface area contributed by atoms with Gasteiger partial charge in [-0.05, 0) is 20.9 Å². The monoisotopic (exact) mass is 264 g/mol. The van der Waals surface area contributed by atoms with E-state index in [1.165, 1.54) is 8.61 Å². The second-order valence-corrected chi connectivity index (χ2v) is 6.82. The maximum atomic E-state index is 12.4. The van der Waals surface area contributed by atoms with Gasteiger partial charge in [-0.15, -0.1) is 0 Å². The SMILES string of the molecule is CC(C)N(C)S(=O)(=O)N1CCN(C)CC1CN. The highest BCUT2D eigenvalue weighted by atomic mass is 32.2. The van der Waals surface area contributed by atoms with Crippen LogP contribution in [0.2, 0.25) is 0 Å². The van der Waals surface area contributed by atoms with Gasteiger partial charge < -0.3 is 10.6 Å². The Morgan fingerprint density at radius 3 is 2.47 bits per heavy atom. The largest absolute Gasteiger partial charge is 0.329 e. The molecule has 1 atom stereocenters. The van der Waals surface area contributed by atoms with Crippen LogP contribution in [0.3, 0.4) is 0 Å². The van der Waals surface area contributed by atoms with Gasteiger partial charge in [0.1, 0.15) is 0 Å². The third kappa shape index (κ3) is 3.17. The molecule has 0 spiro atoms. The smallest absolute Gasteiger partial charge is 0.282 e. The van der Waals surface area contributed by atoms with E-state index in [9.17, 15) is 8.42 Å². The van der Waals surface area contributed by atoms with Gasteiger partial charge in [0.15, 0.2) is 0 Å². The first kappa shape index (κ1) is 14.8. The second kappa shape index (κ2) is 5.62. The van der Waals surface area contributed by atoms with Crippen LogP contribution < -0.4 is 5.73 Å². The lowest BCUT2D eigenvalue weighted by atomic mass is 10.2. The minimum absolute atomic E-state index is 0.0434. The van der Waals surface area contributed by atoms with Gasteiger partial charge in [-0.25, -0.2) is 0 Å². The van der Waals surface area contributed by atoms with E-state index in [2.05, 4.69) is 4.90 Å². The molecule has 0 bridgehead atoms. The van der Waals surface area contributed by atoms with E-state index in [0.29, 0.717) is 19.6 Å². The van der Waals surface area contributed by atoms with Gasteiger partial charge in [0.2, 0.25) is 0 Å². The minimum Gasteiger partial charge on any atom is -0.329 e. The summed E-state index contributed by atoms with van der Waals surface area (Å²) in [5, 5.41) is 0. The Labute approximate surface area is 105 Å². The Bertz CT molecular complexity index is 344. The summed E-state index contributed by atoms with van der Waals surface area (Å²) in [7, 11) is 0.216. The van der Waals surface area contributed by atoms with Gasteiger partial charge in [0.25, 0.3) is 10.2 Å². The van der Waals surface area contributed by atoms with E-state index < -0.39 is 10.2 Å². The van der Waals surface area contributed by atoms with Crippen LogP contribution in [0.5, 0.6) is 0 Å². The quantitative estimate of drug-likeness (QED) is 0.718. The molecule has 1 fully saturated rings. The summed E-state index contributed by atoms with van der Waals surface area (Å²) in [6, 6.07) is -0.168. The number of likely N-dealkylation sites (N-methyl/N-ethyl adjacent to an activating group) is 1. The number of hydrogen-bond acceptors (Lipinski definition) is 4. The molecule has 1 rings (SSSR count). The van der Waals surface area contributed by atoms with Gasteiger partial charge >= 0.3 is 0 Å². The molecular weight excluding hydrogens is 240 g/mol. The molecule has 1 heterocycles. The van der Waals surface area contributed by atoms with Crippen molar-refractivity contribution >= 4 is 10.2 Å². The molecule has 0 amide bonds. The number of hydrogen-bond donors (Lipinski definition) is 1. The zero-order valence-electron chi connectivity index (χ0n) is 11.1. The van der Waals surface area contributed by atoms with Crippen LogP contribution >= 0.6 is 0 Å². The molecule has 0 aromatic heterocycles.